The largest absolute Gasteiger partial charge is 0.394 e. The highest BCUT2D eigenvalue weighted by Gasteiger charge is 2.16. The SMILES string of the molecule is CC[C@@H](CO)NC(=O)c1cccc(Cl)c1F. The maximum atomic E-state index is 13.5. The lowest BCUT2D eigenvalue weighted by Gasteiger charge is -2.14. The predicted octanol–water partition coefficient (Wildman–Crippen LogP) is 1.98. The van der Waals surface area contributed by atoms with Crippen molar-refractivity contribution in [3.63, 3.8) is 0 Å². The van der Waals surface area contributed by atoms with Crippen molar-refractivity contribution < 1.29 is 14.3 Å². The van der Waals surface area contributed by atoms with E-state index in [2.05, 4.69) is 5.32 Å². The summed E-state index contributed by atoms with van der Waals surface area (Å²) in [7, 11) is 0. The summed E-state index contributed by atoms with van der Waals surface area (Å²) < 4.78 is 13.5. The van der Waals surface area contributed by atoms with Crippen LogP contribution in [0.3, 0.4) is 0 Å². The van der Waals surface area contributed by atoms with Gasteiger partial charge in [0.1, 0.15) is 0 Å². The Morgan fingerprint density at radius 2 is 2.31 bits per heavy atom. The van der Waals surface area contributed by atoms with Crippen LogP contribution in [-0.4, -0.2) is 23.7 Å². The maximum absolute atomic E-state index is 13.5. The minimum absolute atomic E-state index is 0.0929. The molecule has 0 aromatic heterocycles. The molecular weight excluding hydrogens is 233 g/mol. The van der Waals surface area contributed by atoms with Gasteiger partial charge < -0.3 is 10.4 Å². The van der Waals surface area contributed by atoms with Gasteiger partial charge in [0.15, 0.2) is 5.82 Å². The zero-order chi connectivity index (χ0) is 12.1. The summed E-state index contributed by atoms with van der Waals surface area (Å²) in [6.45, 7) is 1.64. The number of nitrogens with one attached hydrogen (secondary N) is 1. The third-order valence-corrected chi connectivity index (χ3v) is 2.54. The summed E-state index contributed by atoms with van der Waals surface area (Å²) >= 11 is 5.56. The summed E-state index contributed by atoms with van der Waals surface area (Å²) in [6, 6.07) is 3.85. The number of halogens is 2. The van der Waals surface area contributed by atoms with Crippen LogP contribution in [0, 0.1) is 5.82 Å². The standard InChI is InChI=1S/C11H13ClFNO2/c1-2-7(6-15)14-11(16)8-4-3-5-9(12)10(8)13/h3-5,7,15H,2,6H2,1H3,(H,14,16)/t7-/m0/s1. The maximum Gasteiger partial charge on any atom is 0.254 e. The molecule has 16 heavy (non-hydrogen) atoms. The smallest absolute Gasteiger partial charge is 0.254 e. The van der Waals surface area contributed by atoms with Gasteiger partial charge in [0.2, 0.25) is 0 Å². The molecule has 0 unspecified atom stereocenters. The van der Waals surface area contributed by atoms with Crippen LogP contribution >= 0.6 is 11.6 Å². The Hall–Kier alpha value is -1.13. The molecule has 0 spiro atoms. The summed E-state index contributed by atoms with van der Waals surface area (Å²) in [5.41, 5.74) is -0.112. The molecule has 3 nitrogen and oxygen atoms in total. The van der Waals surface area contributed by atoms with Gasteiger partial charge in [0, 0.05) is 0 Å². The fourth-order valence-electron chi connectivity index (χ4n) is 1.22. The van der Waals surface area contributed by atoms with Crippen molar-refractivity contribution in [3.05, 3.63) is 34.6 Å². The van der Waals surface area contributed by atoms with Gasteiger partial charge in [-0.15, -0.1) is 0 Å². The third-order valence-electron chi connectivity index (χ3n) is 2.24. The van der Waals surface area contributed by atoms with Crippen molar-refractivity contribution >= 4 is 17.5 Å². The van der Waals surface area contributed by atoms with Crippen LogP contribution in [0.1, 0.15) is 23.7 Å². The first kappa shape index (κ1) is 12.9. The number of aliphatic hydroxyl groups excluding tert-OH is 1. The second-order valence-electron chi connectivity index (χ2n) is 3.36. The van der Waals surface area contributed by atoms with Gasteiger partial charge in [0.25, 0.3) is 5.91 Å². The van der Waals surface area contributed by atoms with Crippen molar-refractivity contribution in [2.45, 2.75) is 19.4 Å². The lowest BCUT2D eigenvalue weighted by molar-refractivity contribution is 0.0911. The molecule has 0 aliphatic rings. The van der Waals surface area contributed by atoms with E-state index in [1.807, 2.05) is 6.92 Å². The molecule has 0 heterocycles. The lowest BCUT2D eigenvalue weighted by atomic mass is 10.1. The van der Waals surface area contributed by atoms with E-state index >= 15 is 0 Å². The van der Waals surface area contributed by atoms with Crippen LogP contribution in [0.2, 0.25) is 5.02 Å². The Morgan fingerprint density at radius 1 is 1.62 bits per heavy atom. The summed E-state index contributed by atoms with van der Waals surface area (Å²) in [5, 5.41) is 11.3. The first-order chi connectivity index (χ1) is 7.60. The number of hydrogen-bond acceptors (Lipinski definition) is 2. The Kier molecular flexibility index (Phi) is 4.71. The van der Waals surface area contributed by atoms with E-state index in [1.54, 1.807) is 0 Å². The zero-order valence-electron chi connectivity index (χ0n) is 8.84. The molecule has 1 aromatic rings. The topological polar surface area (TPSA) is 49.3 Å². The van der Waals surface area contributed by atoms with Gasteiger partial charge in [-0.1, -0.05) is 24.6 Å². The van der Waals surface area contributed by atoms with E-state index in [4.69, 9.17) is 16.7 Å². The van der Waals surface area contributed by atoms with E-state index in [0.29, 0.717) is 6.42 Å². The van der Waals surface area contributed by atoms with Gasteiger partial charge >= 0.3 is 0 Å². The van der Waals surface area contributed by atoms with E-state index in [1.165, 1.54) is 18.2 Å². The quantitative estimate of drug-likeness (QED) is 0.852. The van der Waals surface area contributed by atoms with Crippen molar-refractivity contribution in [2.75, 3.05) is 6.61 Å². The molecule has 0 saturated heterocycles. The average molecular weight is 246 g/mol. The van der Waals surface area contributed by atoms with E-state index < -0.39 is 11.7 Å². The summed E-state index contributed by atoms with van der Waals surface area (Å²) in [6.07, 6.45) is 0.574. The van der Waals surface area contributed by atoms with Gasteiger partial charge in [-0.3, -0.25) is 4.79 Å². The van der Waals surface area contributed by atoms with Gasteiger partial charge in [-0.25, -0.2) is 4.39 Å². The summed E-state index contributed by atoms with van der Waals surface area (Å²) in [5.74, 6) is -1.31. The molecule has 1 rings (SSSR count). The zero-order valence-corrected chi connectivity index (χ0v) is 9.59. The second-order valence-corrected chi connectivity index (χ2v) is 3.77. The van der Waals surface area contributed by atoms with Crippen molar-refractivity contribution in [1.29, 1.82) is 0 Å². The number of benzene rings is 1. The fraction of sp³-hybridized carbons (Fsp3) is 0.364. The van der Waals surface area contributed by atoms with Gasteiger partial charge in [-0.2, -0.15) is 0 Å². The number of amides is 1. The molecule has 0 radical (unpaired) electrons. The molecule has 2 N–H and O–H groups in total. The van der Waals surface area contributed by atoms with Crippen molar-refractivity contribution in [1.82, 2.24) is 5.32 Å². The highest BCUT2D eigenvalue weighted by molar-refractivity contribution is 6.31. The van der Waals surface area contributed by atoms with Crippen molar-refractivity contribution in [3.8, 4) is 0 Å². The first-order valence-corrected chi connectivity index (χ1v) is 5.33. The number of rotatable bonds is 4. The Morgan fingerprint density at radius 3 is 2.88 bits per heavy atom. The van der Waals surface area contributed by atoms with Crippen LogP contribution < -0.4 is 5.32 Å². The predicted molar refractivity (Wildman–Crippen MR) is 60.0 cm³/mol. The van der Waals surface area contributed by atoms with Crippen LogP contribution in [-0.2, 0) is 0 Å². The molecule has 0 saturated carbocycles. The first-order valence-electron chi connectivity index (χ1n) is 4.95. The Labute approximate surface area is 98.2 Å². The molecule has 5 heteroatoms. The highest BCUT2D eigenvalue weighted by Crippen LogP contribution is 2.17. The minimum Gasteiger partial charge on any atom is -0.394 e. The molecule has 1 aromatic carbocycles. The Bertz CT molecular complexity index is 380. The molecular formula is C11H13ClFNO2. The number of aliphatic hydroxyl groups is 1. The second kappa shape index (κ2) is 5.82. The van der Waals surface area contributed by atoms with Crippen LogP contribution in [0.4, 0.5) is 4.39 Å². The molecule has 0 bridgehead atoms. The number of carbonyl (C=O) groups excluding carboxylic acids is 1. The molecule has 0 aliphatic carbocycles. The monoisotopic (exact) mass is 245 g/mol. The molecule has 88 valence electrons. The Balaban J connectivity index is 2.84. The number of carbonyl (C=O) groups is 1. The molecule has 0 fully saturated rings. The summed E-state index contributed by atoms with van der Waals surface area (Å²) in [4.78, 5) is 11.6. The molecule has 1 atom stereocenters. The average Bonchev–Trinajstić information content (AvgIpc) is 2.29. The van der Waals surface area contributed by atoms with Crippen molar-refractivity contribution in [2.24, 2.45) is 0 Å². The highest BCUT2D eigenvalue weighted by atomic mass is 35.5. The third kappa shape index (κ3) is 2.93. The minimum atomic E-state index is -0.741. The van der Waals surface area contributed by atoms with Crippen LogP contribution in [0.5, 0.6) is 0 Å². The molecule has 1 amide bonds. The van der Waals surface area contributed by atoms with Crippen LogP contribution in [0.15, 0.2) is 18.2 Å². The van der Waals surface area contributed by atoms with E-state index in [-0.39, 0.29) is 23.2 Å². The van der Waals surface area contributed by atoms with Gasteiger partial charge in [0.05, 0.1) is 23.2 Å². The molecule has 0 aliphatic heterocycles. The normalized spacial score (nSPS) is 12.2. The van der Waals surface area contributed by atoms with E-state index in [0.717, 1.165) is 0 Å². The van der Waals surface area contributed by atoms with Crippen LogP contribution in [0.25, 0.3) is 0 Å². The lowest BCUT2D eigenvalue weighted by Crippen LogP contribution is -2.37. The fourth-order valence-corrected chi connectivity index (χ4v) is 1.39. The van der Waals surface area contributed by atoms with E-state index in [9.17, 15) is 9.18 Å². The van der Waals surface area contributed by atoms with Gasteiger partial charge in [-0.05, 0) is 18.6 Å². The number of hydrogen-bond donors (Lipinski definition) is 2.